The van der Waals surface area contributed by atoms with Crippen molar-refractivity contribution in [3.8, 4) is 0 Å². The van der Waals surface area contributed by atoms with Crippen molar-refractivity contribution in [2.24, 2.45) is 17.8 Å². The van der Waals surface area contributed by atoms with Crippen molar-refractivity contribution in [1.29, 1.82) is 0 Å². The Morgan fingerprint density at radius 3 is 2.77 bits per heavy atom. The number of carbonyl (C=O) groups excluding carboxylic acids is 1. The van der Waals surface area contributed by atoms with Gasteiger partial charge in [-0.15, -0.1) is 0 Å². The summed E-state index contributed by atoms with van der Waals surface area (Å²) in [7, 11) is 0. The predicted octanol–water partition coefficient (Wildman–Crippen LogP) is 5.00. The Labute approximate surface area is 183 Å². The second-order valence-corrected chi connectivity index (χ2v) is 10.3. The predicted molar refractivity (Wildman–Crippen MR) is 122 cm³/mol. The third kappa shape index (κ3) is 6.43. The second kappa shape index (κ2) is 10.9. The lowest BCUT2D eigenvalue weighted by Gasteiger charge is -2.22. The van der Waals surface area contributed by atoms with E-state index in [2.05, 4.69) is 25.2 Å². The van der Waals surface area contributed by atoms with Crippen molar-refractivity contribution in [1.82, 2.24) is 4.90 Å². The van der Waals surface area contributed by atoms with E-state index >= 15 is 0 Å². The third-order valence-electron chi connectivity index (χ3n) is 7.53. The molecule has 3 aliphatic rings. The number of rotatable bonds is 11. The van der Waals surface area contributed by atoms with Crippen molar-refractivity contribution in [3.63, 3.8) is 0 Å². The van der Waals surface area contributed by atoms with Crippen LogP contribution in [0.3, 0.4) is 0 Å². The minimum absolute atomic E-state index is 0.211. The lowest BCUT2D eigenvalue weighted by atomic mass is 9.87. The molecule has 2 N–H and O–H groups in total. The molecule has 4 heteroatoms. The van der Waals surface area contributed by atoms with Crippen molar-refractivity contribution < 1.29 is 15.0 Å². The van der Waals surface area contributed by atoms with E-state index in [0.717, 1.165) is 64.5 Å². The Kier molecular flexibility index (Phi) is 8.59. The Bertz CT molecular complexity index is 618. The van der Waals surface area contributed by atoms with E-state index in [4.69, 9.17) is 0 Å². The second-order valence-electron chi connectivity index (χ2n) is 10.3. The summed E-state index contributed by atoms with van der Waals surface area (Å²) in [6.45, 7) is 5.98. The van der Waals surface area contributed by atoms with Crippen molar-refractivity contribution >= 4 is 5.91 Å². The zero-order chi connectivity index (χ0) is 21.6. The maximum Gasteiger partial charge on any atom is 0.222 e. The Hall–Kier alpha value is -1.13. The first-order valence-corrected chi connectivity index (χ1v) is 12.4. The van der Waals surface area contributed by atoms with E-state index in [1.54, 1.807) is 0 Å². The molecule has 1 saturated heterocycles. The van der Waals surface area contributed by atoms with Crippen LogP contribution in [0, 0.1) is 17.8 Å². The van der Waals surface area contributed by atoms with Gasteiger partial charge in [-0.2, -0.15) is 0 Å². The van der Waals surface area contributed by atoms with Gasteiger partial charge in [0.15, 0.2) is 0 Å². The van der Waals surface area contributed by atoms with Crippen LogP contribution in [-0.4, -0.2) is 45.8 Å². The summed E-state index contributed by atoms with van der Waals surface area (Å²) in [6.07, 6.45) is 18.3. The molecule has 1 saturated carbocycles. The fourth-order valence-electron chi connectivity index (χ4n) is 5.68. The molecule has 4 nitrogen and oxygen atoms in total. The lowest BCUT2D eigenvalue weighted by Crippen LogP contribution is -2.27. The molecular weight excluding hydrogens is 374 g/mol. The molecular formula is C26H43NO3. The van der Waals surface area contributed by atoms with Crippen molar-refractivity contribution in [3.05, 3.63) is 23.8 Å². The largest absolute Gasteiger partial charge is 0.392 e. The highest BCUT2D eigenvalue weighted by molar-refractivity contribution is 5.76. The highest BCUT2D eigenvalue weighted by Crippen LogP contribution is 2.48. The van der Waals surface area contributed by atoms with Gasteiger partial charge in [-0.25, -0.2) is 0 Å². The molecule has 0 radical (unpaired) electrons. The number of unbranched alkanes of at least 4 members (excludes halogenated alkanes) is 2. The Balaban J connectivity index is 1.40. The fourth-order valence-corrected chi connectivity index (χ4v) is 5.68. The number of aliphatic hydroxyl groups excluding tert-OH is 1. The van der Waals surface area contributed by atoms with Gasteiger partial charge >= 0.3 is 0 Å². The van der Waals surface area contributed by atoms with Crippen LogP contribution in [0.1, 0.15) is 90.9 Å². The molecule has 2 aliphatic carbocycles. The standard InChI is InChI=1S/C26H43NO3/c1-3-4-13-26(2,30)14-9-11-22-23-18-20(17-21(23)19-24(22)28)10-5-6-12-25(29)27-15-7-8-16-27/h9,11,17,21-24,28,30H,3-8,10,12-16,18-19H2,1-2H3/b11-9+/t21-,22+,23-,24+,26+/m0/s1. The zero-order valence-corrected chi connectivity index (χ0v) is 19.2. The molecule has 30 heavy (non-hydrogen) atoms. The fraction of sp³-hybridized carbons (Fsp3) is 0.808. The van der Waals surface area contributed by atoms with Crippen LogP contribution in [0.5, 0.6) is 0 Å². The Morgan fingerprint density at radius 1 is 1.27 bits per heavy atom. The number of hydrogen-bond acceptors (Lipinski definition) is 3. The molecule has 0 bridgehead atoms. The highest BCUT2D eigenvalue weighted by Gasteiger charge is 2.43. The highest BCUT2D eigenvalue weighted by atomic mass is 16.3. The van der Waals surface area contributed by atoms with Gasteiger partial charge in [0, 0.05) is 25.4 Å². The normalized spacial score (nSPS) is 30.7. The number of fused-ring (bicyclic) bond motifs is 1. The maximum atomic E-state index is 12.2. The average molecular weight is 418 g/mol. The van der Waals surface area contributed by atoms with Crippen LogP contribution in [0.15, 0.2) is 23.8 Å². The van der Waals surface area contributed by atoms with Gasteiger partial charge in [0.1, 0.15) is 0 Å². The van der Waals surface area contributed by atoms with Crippen LogP contribution < -0.4 is 0 Å². The van der Waals surface area contributed by atoms with Crippen LogP contribution >= 0.6 is 0 Å². The van der Waals surface area contributed by atoms with Crippen LogP contribution in [0.2, 0.25) is 0 Å². The van der Waals surface area contributed by atoms with E-state index in [-0.39, 0.29) is 12.0 Å². The number of allylic oxidation sites excluding steroid dienone is 2. The molecule has 0 spiro atoms. The summed E-state index contributed by atoms with van der Waals surface area (Å²) in [5.41, 5.74) is 0.889. The summed E-state index contributed by atoms with van der Waals surface area (Å²) in [5, 5.41) is 21.0. The first-order chi connectivity index (χ1) is 14.4. The summed E-state index contributed by atoms with van der Waals surface area (Å²) >= 11 is 0. The van der Waals surface area contributed by atoms with Gasteiger partial charge in [0.05, 0.1) is 11.7 Å². The van der Waals surface area contributed by atoms with Gasteiger partial charge in [0.2, 0.25) is 5.91 Å². The minimum atomic E-state index is -0.638. The minimum Gasteiger partial charge on any atom is -0.392 e. The van der Waals surface area contributed by atoms with E-state index in [0.29, 0.717) is 30.6 Å². The first-order valence-electron chi connectivity index (χ1n) is 12.4. The average Bonchev–Trinajstić information content (AvgIpc) is 3.42. The molecule has 170 valence electrons. The molecule has 1 amide bonds. The molecule has 1 heterocycles. The summed E-state index contributed by atoms with van der Waals surface area (Å²) in [4.78, 5) is 14.2. The number of carbonyl (C=O) groups is 1. The van der Waals surface area contributed by atoms with Gasteiger partial charge in [-0.05, 0) is 76.5 Å². The quantitative estimate of drug-likeness (QED) is 0.367. The molecule has 0 aromatic rings. The third-order valence-corrected chi connectivity index (χ3v) is 7.53. The SMILES string of the molecule is CCCC[C@@](C)(O)C/C=C/[C@@H]1[C@H]2CC(CCCCC(=O)N3CCCC3)=C[C@H]2C[C@H]1O. The molecule has 0 unspecified atom stereocenters. The van der Waals surface area contributed by atoms with Gasteiger partial charge < -0.3 is 15.1 Å². The number of aliphatic hydroxyl groups is 2. The number of nitrogens with zero attached hydrogens (tertiary/aromatic N) is 1. The van der Waals surface area contributed by atoms with E-state index < -0.39 is 5.60 Å². The number of likely N-dealkylation sites (tertiary alicyclic amines) is 1. The van der Waals surface area contributed by atoms with Crippen molar-refractivity contribution in [2.75, 3.05) is 13.1 Å². The number of hydrogen-bond donors (Lipinski definition) is 2. The first kappa shape index (κ1) is 23.5. The smallest absolute Gasteiger partial charge is 0.222 e. The molecule has 3 rings (SSSR count). The monoisotopic (exact) mass is 417 g/mol. The van der Waals surface area contributed by atoms with Crippen LogP contribution in [0.4, 0.5) is 0 Å². The van der Waals surface area contributed by atoms with E-state index in [1.165, 1.54) is 18.4 Å². The van der Waals surface area contributed by atoms with Crippen LogP contribution in [-0.2, 0) is 4.79 Å². The molecule has 0 aromatic heterocycles. The van der Waals surface area contributed by atoms with Crippen LogP contribution in [0.25, 0.3) is 0 Å². The lowest BCUT2D eigenvalue weighted by molar-refractivity contribution is -0.130. The zero-order valence-electron chi connectivity index (χ0n) is 19.2. The molecule has 2 fully saturated rings. The topological polar surface area (TPSA) is 60.8 Å². The van der Waals surface area contributed by atoms with Crippen molar-refractivity contribution in [2.45, 2.75) is 103 Å². The van der Waals surface area contributed by atoms with E-state index in [1.807, 2.05) is 11.8 Å². The number of amides is 1. The van der Waals surface area contributed by atoms with Gasteiger partial charge in [-0.3, -0.25) is 4.79 Å². The summed E-state index contributed by atoms with van der Waals surface area (Å²) in [6, 6.07) is 0. The summed E-state index contributed by atoms with van der Waals surface area (Å²) in [5.74, 6) is 1.56. The van der Waals surface area contributed by atoms with E-state index in [9.17, 15) is 15.0 Å². The molecule has 1 aliphatic heterocycles. The van der Waals surface area contributed by atoms with Gasteiger partial charge in [-0.1, -0.05) is 43.6 Å². The maximum absolute atomic E-state index is 12.2. The summed E-state index contributed by atoms with van der Waals surface area (Å²) < 4.78 is 0. The molecule has 5 atom stereocenters. The molecule has 0 aromatic carbocycles. The van der Waals surface area contributed by atoms with Gasteiger partial charge in [0.25, 0.3) is 0 Å². The Morgan fingerprint density at radius 2 is 2.03 bits per heavy atom.